The van der Waals surface area contributed by atoms with E-state index in [4.69, 9.17) is 4.74 Å². The zero-order valence-corrected chi connectivity index (χ0v) is 12.7. The maximum absolute atomic E-state index is 11.9. The van der Waals surface area contributed by atoms with Crippen molar-refractivity contribution >= 4 is 21.8 Å². The molecule has 0 aromatic heterocycles. The van der Waals surface area contributed by atoms with Crippen molar-refractivity contribution in [3.63, 3.8) is 0 Å². The number of nitrogens with one attached hydrogen (secondary N) is 1. The molecule has 0 radical (unpaired) electrons. The number of carbonyl (C=O) groups excluding carboxylic acids is 1. The summed E-state index contributed by atoms with van der Waals surface area (Å²) in [5.41, 5.74) is 0.289. The van der Waals surface area contributed by atoms with Crippen molar-refractivity contribution in [3.05, 3.63) is 0 Å². The van der Waals surface area contributed by atoms with E-state index in [1.54, 1.807) is 0 Å². The van der Waals surface area contributed by atoms with Crippen molar-refractivity contribution in [1.82, 2.24) is 5.32 Å². The summed E-state index contributed by atoms with van der Waals surface area (Å²) >= 11 is 3.63. The third-order valence-electron chi connectivity index (χ3n) is 2.92. The van der Waals surface area contributed by atoms with Gasteiger partial charge in [-0.05, 0) is 24.7 Å². The van der Waals surface area contributed by atoms with Gasteiger partial charge in [-0.1, -0.05) is 36.7 Å². The predicted molar refractivity (Wildman–Crippen MR) is 73.3 cm³/mol. The first-order chi connectivity index (χ1) is 7.88. The van der Waals surface area contributed by atoms with Crippen LogP contribution in [-0.4, -0.2) is 30.5 Å². The number of ether oxygens (including phenoxy) is 1. The maximum Gasteiger partial charge on any atom is 0.223 e. The van der Waals surface area contributed by atoms with E-state index in [0.29, 0.717) is 11.4 Å². The van der Waals surface area contributed by atoms with E-state index < -0.39 is 0 Å². The van der Waals surface area contributed by atoms with Crippen LogP contribution in [0.15, 0.2) is 0 Å². The minimum absolute atomic E-state index is 0.151. The summed E-state index contributed by atoms with van der Waals surface area (Å²) in [6.45, 7) is 8.79. The quantitative estimate of drug-likeness (QED) is 0.811. The highest BCUT2D eigenvalue weighted by Crippen LogP contribution is 2.24. The van der Waals surface area contributed by atoms with Gasteiger partial charge in [-0.25, -0.2) is 0 Å². The average molecular weight is 306 g/mol. The molecule has 0 bridgehead atoms. The molecule has 100 valence electrons. The Kier molecular flexibility index (Phi) is 5.93. The summed E-state index contributed by atoms with van der Waals surface area (Å²) < 4.78 is 5.25. The second-order valence-electron chi connectivity index (χ2n) is 5.99. The van der Waals surface area contributed by atoms with Crippen molar-refractivity contribution in [1.29, 1.82) is 0 Å². The van der Waals surface area contributed by atoms with E-state index in [1.807, 2.05) is 0 Å². The van der Waals surface area contributed by atoms with E-state index in [2.05, 4.69) is 42.0 Å². The lowest BCUT2D eigenvalue weighted by Crippen LogP contribution is -2.37. The van der Waals surface area contributed by atoms with Crippen molar-refractivity contribution in [3.8, 4) is 0 Å². The largest absolute Gasteiger partial charge is 0.381 e. The van der Waals surface area contributed by atoms with Crippen LogP contribution in [0, 0.1) is 11.3 Å². The fourth-order valence-corrected chi connectivity index (χ4v) is 3.19. The number of halogens is 1. The van der Waals surface area contributed by atoms with Crippen LogP contribution in [0.1, 0.15) is 40.0 Å². The molecule has 0 aromatic rings. The third kappa shape index (κ3) is 6.41. The van der Waals surface area contributed by atoms with Crippen LogP contribution in [0.3, 0.4) is 0 Å². The highest BCUT2D eigenvalue weighted by Gasteiger charge is 2.22. The van der Waals surface area contributed by atoms with E-state index in [-0.39, 0.29) is 17.2 Å². The summed E-state index contributed by atoms with van der Waals surface area (Å²) in [6.07, 6.45) is 2.77. The van der Waals surface area contributed by atoms with Gasteiger partial charge in [0.25, 0.3) is 0 Å². The van der Waals surface area contributed by atoms with Gasteiger partial charge in [0, 0.05) is 30.5 Å². The summed E-state index contributed by atoms with van der Waals surface area (Å²) in [7, 11) is 0. The molecule has 0 spiro atoms. The molecule has 17 heavy (non-hydrogen) atoms. The second kappa shape index (κ2) is 6.74. The third-order valence-corrected chi connectivity index (χ3v) is 3.57. The van der Waals surface area contributed by atoms with Crippen LogP contribution in [0.4, 0.5) is 0 Å². The fourth-order valence-electron chi connectivity index (χ4n) is 2.05. The number of carbonyl (C=O) groups is 1. The standard InChI is InChI=1S/C13H24BrNO2/c1-13(2,3)8-11(14)9-15-12(16)10-4-6-17-7-5-10/h10-11H,4-9H2,1-3H3,(H,15,16). The monoisotopic (exact) mass is 305 g/mol. The summed E-state index contributed by atoms with van der Waals surface area (Å²) in [4.78, 5) is 12.2. The van der Waals surface area contributed by atoms with Gasteiger partial charge in [-0.3, -0.25) is 4.79 Å². The first-order valence-corrected chi connectivity index (χ1v) is 7.29. The summed E-state index contributed by atoms with van der Waals surface area (Å²) in [5, 5.41) is 3.03. The second-order valence-corrected chi connectivity index (χ2v) is 7.29. The molecule has 4 heteroatoms. The Morgan fingerprint density at radius 2 is 2.00 bits per heavy atom. The lowest BCUT2D eigenvalue weighted by atomic mass is 9.90. The molecule has 1 N–H and O–H groups in total. The summed E-state index contributed by atoms with van der Waals surface area (Å²) in [6, 6.07) is 0. The number of hydrogen-bond acceptors (Lipinski definition) is 2. The molecule has 1 amide bonds. The predicted octanol–water partition coefficient (Wildman–Crippen LogP) is 2.73. The van der Waals surface area contributed by atoms with Gasteiger partial charge >= 0.3 is 0 Å². The Hall–Kier alpha value is -0.0900. The van der Waals surface area contributed by atoms with Gasteiger partial charge in [-0.15, -0.1) is 0 Å². The van der Waals surface area contributed by atoms with Crippen LogP contribution in [0.25, 0.3) is 0 Å². The zero-order valence-electron chi connectivity index (χ0n) is 11.1. The molecular weight excluding hydrogens is 282 g/mol. The Morgan fingerprint density at radius 1 is 1.41 bits per heavy atom. The lowest BCUT2D eigenvalue weighted by molar-refractivity contribution is -0.127. The van der Waals surface area contributed by atoms with Crippen LogP contribution in [0.2, 0.25) is 0 Å². The van der Waals surface area contributed by atoms with Crippen LogP contribution < -0.4 is 5.32 Å². The molecule has 0 aromatic carbocycles. The lowest BCUT2D eigenvalue weighted by Gasteiger charge is -2.24. The molecular formula is C13H24BrNO2. The number of amides is 1. The zero-order chi connectivity index (χ0) is 12.9. The Balaban J connectivity index is 2.22. The van der Waals surface area contributed by atoms with Crippen molar-refractivity contribution in [2.75, 3.05) is 19.8 Å². The topological polar surface area (TPSA) is 38.3 Å². The van der Waals surface area contributed by atoms with Gasteiger partial charge in [0.05, 0.1) is 0 Å². The molecule has 3 nitrogen and oxygen atoms in total. The van der Waals surface area contributed by atoms with Crippen molar-refractivity contribution < 1.29 is 9.53 Å². The average Bonchev–Trinajstić information content (AvgIpc) is 2.25. The van der Waals surface area contributed by atoms with Gasteiger partial charge in [0.2, 0.25) is 5.91 Å². The molecule has 0 saturated carbocycles. The molecule has 1 aliphatic rings. The van der Waals surface area contributed by atoms with Gasteiger partial charge in [0.15, 0.2) is 0 Å². The van der Waals surface area contributed by atoms with E-state index >= 15 is 0 Å². The Bertz CT molecular complexity index is 244. The van der Waals surface area contributed by atoms with Gasteiger partial charge in [-0.2, -0.15) is 0 Å². The smallest absolute Gasteiger partial charge is 0.223 e. The normalized spacial score (nSPS) is 20.0. The first-order valence-electron chi connectivity index (χ1n) is 6.38. The number of rotatable bonds is 4. The minimum Gasteiger partial charge on any atom is -0.381 e. The van der Waals surface area contributed by atoms with Crippen LogP contribution in [0.5, 0.6) is 0 Å². The highest BCUT2D eigenvalue weighted by atomic mass is 79.9. The van der Waals surface area contributed by atoms with Crippen LogP contribution in [-0.2, 0) is 9.53 Å². The molecule has 1 aliphatic heterocycles. The molecule has 0 aliphatic carbocycles. The minimum atomic E-state index is 0.151. The summed E-state index contributed by atoms with van der Waals surface area (Å²) in [5.74, 6) is 0.338. The van der Waals surface area contributed by atoms with E-state index in [1.165, 1.54) is 0 Å². The molecule has 1 rings (SSSR count). The Morgan fingerprint density at radius 3 is 2.53 bits per heavy atom. The molecule has 1 saturated heterocycles. The number of alkyl halides is 1. The van der Waals surface area contributed by atoms with E-state index in [9.17, 15) is 4.79 Å². The maximum atomic E-state index is 11.9. The highest BCUT2D eigenvalue weighted by molar-refractivity contribution is 9.09. The Labute approximate surface area is 113 Å². The number of hydrogen-bond donors (Lipinski definition) is 1. The molecule has 1 atom stereocenters. The molecule has 1 heterocycles. The molecule has 1 fully saturated rings. The molecule has 1 unspecified atom stereocenters. The van der Waals surface area contributed by atoms with Gasteiger partial charge in [0.1, 0.15) is 0 Å². The fraction of sp³-hybridized carbons (Fsp3) is 0.923. The SMILES string of the molecule is CC(C)(C)CC(Br)CNC(=O)C1CCOCC1. The van der Waals surface area contributed by atoms with Gasteiger partial charge < -0.3 is 10.1 Å². The first kappa shape index (κ1) is 15.0. The van der Waals surface area contributed by atoms with Crippen LogP contribution >= 0.6 is 15.9 Å². The van der Waals surface area contributed by atoms with Crippen molar-refractivity contribution in [2.24, 2.45) is 11.3 Å². The van der Waals surface area contributed by atoms with Crippen molar-refractivity contribution in [2.45, 2.75) is 44.9 Å². The van der Waals surface area contributed by atoms with E-state index in [0.717, 1.165) is 32.5 Å².